The minimum Gasteiger partial charge on any atom is -0.420 e. The minimum atomic E-state index is -1.83. The van der Waals surface area contributed by atoms with Crippen molar-refractivity contribution in [3.63, 3.8) is 0 Å². The average molecular weight is 453 g/mol. The second kappa shape index (κ2) is 9.17. The molecule has 0 saturated heterocycles. The van der Waals surface area contributed by atoms with E-state index in [-0.39, 0.29) is 19.0 Å². The van der Waals surface area contributed by atoms with Gasteiger partial charge in [0.2, 0.25) is 23.3 Å². The Hall–Kier alpha value is -4.12. The summed E-state index contributed by atoms with van der Waals surface area (Å²) in [6.45, 7) is 0.189. The van der Waals surface area contributed by atoms with Gasteiger partial charge < -0.3 is 9.64 Å². The summed E-state index contributed by atoms with van der Waals surface area (Å²) in [5.41, 5.74) is 2.71. The molecule has 4 nitrogen and oxygen atoms in total. The molecule has 1 heterocycles. The van der Waals surface area contributed by atoms with Crippen molar-refractivity contribution in [1.29, 1.82) is 0 Å². The lowest BCUT2D eigenvalue weighted by molar-refractivity contribution is -0.136. The monoisotopic (exact) mass is 453 g/mol. The van der Waals surface area contributed by atoms with Crippen LogP contribution in [-0.4, -0.2) is 11.9 Å². The maximum absolute atomic E-state index is 13.7. The van der Waals surface area contributed by atoms with Gasteiger partial charge in [0.1, 0.15) is 0 Å². The zero-order chi connectivity index (χ0) is 23.5. The van der Waals surface area contributed by atoms with E-state index in [1.807, 2.05) is 24.3 Å². The Balaban J connectivity index is 1.53. The molecule has 3 aromatic carbocycles. The van der Waals surface area contributed by atoms with Crippen molar-refractivity contribution in [2.75, 3.05) is 4.90 Å². The summed E-state index contributed by atoms with van der Waals surface area (Å²) in [5.74, 6) is -4.12. The molecule has 166 valence electrons. The van der Waals surface area contributed by atoms with Crippen molar-refractivity contribution in [3.8, 4) is 17.6 Å². The number of rotatable bonds is 4. The molecule has 8 heteroatoms. The number of carbonyl (C=O) groups is 2. The summed E-state index contributed by atoms with van der Waals surface area (Å²) >= 11 is 0. The lowest BCUT2D eigenvalue weighted by Gasteiger charge is -2.26. The Morgan fingerprint density at radius 3 is 2.18 bits per heavy atom. The van der Waals surface area contributed by atoms with Crippen LogP contribution in [0.4, 0.5) is 23.2 Å². The second-order valence-electron chi connectivity index (χ2n) is 7.18. The Morgan fingerprint density at radius 1 is 0.848 bits per heavy atom. The molecule has 1 aliphatic rings. The number of fused-ring (bicyclic) bond motifs is 2. The number of anilines is 1. The van der Waals surface area contributed by atoms with E-state index in [4.69, 9.17) is 0 Å². The number of nitrogens with zero attached hydrogens (tertiary/aromatic N) is 1. The van der Waals surface area contributed by atoms with Crippen LogP contribution in [0.1, 0.15) is 29.5 Å². The van der Waals surface area contributed by atoms with E-state index in [0.717, 1.165) is 11.1 Å². The molecule has 33 heavy (non-hydrogen) atoms. The number of para-hydroxylation sites is 1. The van der Waals surface area contributed by atoms with E-state index >= 15 is 0 Å². The number of esters is 1. The lowest BCUT2D eigenvalue weighted by Crippen LogP contribution is -2.32. The third-order valence-electron chi connectivity index (χ3n) is 5.00. The van der Waals surface area contributed by atoms with Crippen LogP contribution in [0.15, 0.2) is 54.6 Å². The second-order valence-corrected chi connectivity index (χ2v) is 7.18. The van der Waals surface area contributed by atoms with Crippen molar-refractivity contribution in [1.82, 2.24) is 0 Å². The van der Waals surface area contributed by atoms with Crippen LogP contribution < -0.4 is 9.64 Å². The summed E-state index contributed by atoms with van der Waals surface area (Å²) < 4.78 is 58.6. The highest BCUT2D eigenvalue weighted by molar-refractivity contribution is 5.96. The first-order chi connectivity index (χ1) is 15.8. The fraction of sp³-hybridized carbons (Fsp3) is 0.120. The first-order valence-corrected chi connectivity index (χ1v) is 9.88. The highest BCUT2D eigenvalue weighted by Crippen LogP contribution is 2.28. The zero-order valence-corrected chi connectivity index (χ0v) is 17.0. The number of carbonyl (C=O) groups excluding carboxylic acids is 2. The fourth-order valence-electron chi connectivity index (χ4n) is 3.36. The maximum atomic E-state index is 13.7. The van der Waals surface area contributed by atoms with Crippen molar-refractivity contribution in [2.24, 2.45) is 0 Å². The van der Waals surface area contributed by atoms with Crippen molar-refractivity contribution in [3.05, 3.63) is 94.6 Å². The molecule has 0 fully saturated rings. The van der Waals surface area contributed by atoms with Gasteiger partial charge in [0.25, 0.3) is 0 Å². The molecular formula is C25H15F4NO3. The SMILES string of the molecule is O=C(CCC(=O)N1Cc2ccccc2C#Cc2ccccc21)Oc1c(F)c(F)cc(F)c1F. The number of ether oxygens (including phenoxy) is 1. The minimum absolute atomic E-state index is 0.00557. The van der Waals surface area contributed by atoms with Gasteiger partial charge >= 0.3 is 5.97 Å². The van der Waals surface area contributed by atoms with Gasteiger partial charge in [-0.15, -0.1) is 0 Å². The van der Waals surface area contributed by atoms with E-state index in [1.165, 1.54) is 4.90 Å². The van der Waals surface area contributed by atoms with E-state index < -0.39 is 47.3 Å². The van der Waals surface area contributed by atoms with Crippen LogP contribution in [0.3, 0.4) is 0 Å². The number of benzene rings is 3. The molecule has 1 aliphatic heterocycles. The number of halogens is 4. The molecule has 0 aromatic heterocycles. The maximum Gasteiger partial charge on any atom is 0.311 e. The summed E-state index contributed by atoms with van der Waals surface area (Å²) in [4.78, 5) is 26.6. The lowest BCUT2D eigenvalue weighted by atomic mass is 10.0. The molecule has 0 bridgehead atoms. The first-order valence-electron chi connectivity index (χ1n) is 9.88. The largest absolute Gasteiger partial charge is 0.420 e. The predicted octanol–water partition coefficient (Wildman–Crippen LogP) is 4.88. The Kier molecular flexibility index (Phi) is 6.13. The third-order valence-corrected chi connectivity index (χ3v) is 5.00. The topological polar surface area (TPSA) is 46.6 Å². The van der Waals surface area contributed by atoms with E-state index in [2.05, 4.69) is 16.6 Å². The first kappa shape index (κ1) is 22.1. The van der Waals surface area contributed by atoms with E-state index in [9.17, 15) is 27.2 Å². The smallest absolute Gasteiger partial charge is 0.311 e. The molecule has 0 saturated carbocycles. The Morgan fingerprint density at radius 2 is 1.45 bits per heavy atom. The fourth-order valence-corrected chi connectivity index (χ4v) is 3.36. The van der Waals surface area contributed by atoms with Gasteiger partial charge in [0.15, 0.2) is 11.6 Å². The van der Waals surface area contributed by atoms with Gasteiger partial charge in [0, 0.05) is 23.6 Å². The number of amides is 1. The number of hydrogen-bond donors (Lipinski definition) is 0. The molecule has 0 aliphatic carbocycles. The van der Waals surface area contributed by atoms with Crippen molar-refractivity contribution in [2.45, 2.75) is 19.4 Å². The zero-order valence-electron chi connectivity index (χ0n) is 17.0. The molecular weight excluding hydrogens is 438 g/mol. The van der Waals surface area contributed by atoms with Gasteiger partial charge in [0.05, 0.1) is 18.7 Å². The molecule has 1 amide bonds. The molecule has 0 spiro atoms. The summed E-state index contributed by atoms with van der Waals surface area (Å²) in [6, 6.07) is 14.3. The highest BCUT2D eigenvalue weighted by Gasteiger charge is 2.25. The quantitative estimate of drug-likeness (QED) is 0.186. The van der Waals surface area contributed by atoms with E-state index in [1.54, 1.807) is 24.3 Å². The highest BCUT2D eigenvalue weighted by atomic mass is 19.2. The molecule has 0 N–H and O–H groups in total. The summed E-state index contributed by atoms with van der Waals surface area (Å²) in [6.07, 6.45) is -0.939. The van der Waals surface area contributed by atoms with E-state index in [0.29, 0.717) is 11.3 Å². The van der Waals surface area contributed by atoms with Crippen LogP contribution in [0.5, 0.6) is 5.75 Å². The van der Waals surface area contributed by atoms with Gasteiger partial charge in [-0.3, -0.25) is 9.59 Å². The standard InChI is InChI=1S/C25H15F4NO3/c26-18-13-19(27)24(29)25(23(18)28)33-22(32)12-11-21(31)30-14-17-7-2-1-5-15(17)9-10-16-6-3-4-8-20(16)30/h1-8,13H,11-12,14H2. The Bertz CT molecular complexity index is 1300. The normalized spacial score (nSPS) is 11.9. The van der Waals surface area contributed by atoms with Gasteiger partial charge in [-0.2, -0.15) is 8.78 Å². The van der Waals surface area contributed by atoms with Gasteiger partial charge in [-0.05, 0) is 23.8 Å². The molecule has 0 radical (unpaired) electrons. The van der Waals surface area contributed by atoms with Crippen LogP contribution >= 0.6 is 0 Å². The van der Waals surface area contributed by atoms with Crippen LogP contribution in [-0.2, 0) is 16.1 Å². The van der Waals surface area contributed by atoms with Crippen LogP contribution in [0.2, 0.25) is 0 Å². The van der Waals surface area contributed by atoms with Crippen molar-refractivity contribution < 1.29 is 31.9 Å². The van der Waals surface area contributed by atoms with Crippen LogP contribution in [0.25, 0.3) is 0 Å². The molecule has 0 unspecified atom stereocenters. The summed E-state index contributed by atoms with van der Waals surface area (Å²) in [5, 5.41) is 0. The van der Waals surface area contributed by atoms with Crippen molar-refractivity contribution >= 4 is 17.6 Å². The van der Waals surface area contributed by atoms with Crippen LogP contribution in [0, 0.1) is 35.1 Å². The average Bonchev–Trinajstić information content (AvgIpc) is 2.80. The molecule has 0 atom stereocenters. The predicted molar refractivity (Wildman–Crippen MR) is 111 cm³/mol. The molecule has 3 aromatic rings. The van der Waals surface area contributed by atoms with Gasteiger partial charge in [-0.1, -0.05) is 42.2 Å². The van der Waals surface area contributed by atoms with Gasteiger partial charge in [-0.25, -0.2) is 8.78 Å². The molecule has 4 rings (SSSR count). The Labute approximate surface area is 186 Å². The number of hydrogen-bond acceptors (Lipinski definition) is 3. The summed E-state index contributed by atoms with van der Waals surface area (Å²) in [7, 11) is 0. The third kappa shape index (κ3) is 4.58.